The summed E-state index contributed by atoms with van der Waals surface area (Å²) in [5.74, 6) is 0. The summed E-state index contributed by atoms with van der Waals surface area (Å²) >= 11 is 0. The van der Waals surface area contributed by atoms with Crippen LogP contribution in [0.1, 0.15) is 12.8 Å². The maximum atomic E-state index is 11.9. The van der Waals surface area contributed by atoms with E-state index >= 15 is 0 Å². The quantitative estimate of drug-likeness (QED) is 0.131. The molecule has 2 heterocycles. The lowest BCUT2D eigenvalue weighted by atomic mass is 10.2. The molecule has 0 aliphatic carbocycles. The number of anilines is 2. The van der Waals surface area contributed by atoms with E-state index in [4.69, 9.17) is 19.6 Å². The summed E-state index contributed by atoms with van der Waals surface area (Å²) in [7, 11) is -9.04. The summed E-state index contributed by atoms with van der Waals surface area (Å²) in [4.78, 5) is 66.5. The molecular weight excluding hydrogens is 522 g/mol. The van der Waals surface area contributed by atoms with Crippen molar-refractivity contribution in [3.05, 3.63) is 36.7 Å². The van der Waals surface area contributed by atoms with Crippen molar-refractivity contribution in [2.45, 2.75) is 12.8 Å². The zero-order valence-corrected chi connectivity index (χ0v) is 20.5. The number of phosphoric ester groups is 2. The Balaban J connectivity index is 1.73. The number of nitrogens with one attached hydrogen (secondary N) is 4. The van der Waals surface area contributed by atoms with Crippen molar-refractivity contribution >= 4 is 39.1 Å². The summed E-state index contributed by atoms with van der Waals surface area (Å²) in [5.41, 5.74) is 1.83. The molecule has 0 atom stereocenters. The van der Waals surface area contributed by atoms with Crippen LogP contribution in [0.3, 0.4) is 0 Å². The molecule has 18 heteroatoms. The average Bonchev–Trinajstić information content (AvgIpc) is 2.78. The summed E-state index contributed by atoms with van der Waals surface area (Å²) in [5, 5.41) is 10.1. The van der Waals surface area contributed by atoms with Crippen LogP contribution in [0, 0.1) is 0 Å². The molecule has 0 spiro atoms. The Bertz CT molecular complexity index is 1000. The molecule has 0 aliphatic rings. The average molecular weight is 548 g/mol. The van der Waals surface area contributed by atoms with Crippen molar-refractivity contribution in [1.82, 2.24) is 20.6 Å². The predicted octanol–water partition coefficient (Wildman–Crippen LogP) is 1.39. The maximum absolute atomic E-state index is 11.9. The van der Waals surface area contributed by atoms with E-state index in [0.717, 1.165) is 0 Å². The zero-order chi connectivity index (χ0) is 26.6. The van der Waals surface area contributed by atoms with Gasteiger partial charge < -0.3 is 40.8 Å². The molecule has 198 valence electrons. The molecule has 0 fully saturated rings. The first-order chi connectivity index (χ1) is 16.9. The molecule has 0 saturated heterocycles. The molecule has 2 aromatic heterocycles. The van der Waals surface area contributed by atoms with Gasteiger partial charge in [-0.2, -0.15) is 0 Å². The van der Waals surface area contributed by atoms with Crippen molar-refractivity contribution in [2.75, 3.05) is 36.9 Å². The molecule has 0 unspecified atom stereocenters. The number of hydrogen-bond donors (Lipinski definition) is 8. The summed E-state index contributed by atoms with van der Waals surface area (Å²) in [6, 6.07) is 5.42. The van der Waals surface area contributed by atoms with Crippen LogP contribution in [0.15, 0.2) is 36.7 Å². The SMILES string of the molecule is O=C(NCCCOP(=O)(O)O)Nc1ccc(-c2ccc(NC(=O)NCCCOP(=O)(O)O)cn2)nc1. The number of phosphoric acid groups is 2. The van der Waals surface area contributed by atoms with Crippen LogP contribution in [0.2, 0.25) is 0 Å². The first-order valence-electron chi connectivity index (χ1n) is 10.3. The van der Waals surface area contributed by atoms with Gasteiger partial charge in [-0.05, 0) is 37.1 Å². The highest BCUT2D eigenvalue weighted by molar-refractivity contribution is 7.46. The smallest absolute Gasteiger partial charge is 0.338 e. The third-order valence-corrected chi connectivity index (χ3v) is 5.08. The fraction of sp³-hybridized carbons (Fsp3) is 0.333. The second-order valence-electron chi connectivity index (χ2n) is 6.98. The number of hydrogen-bond acceptors (Lipinski definition) is 8. The van der Waals surface area contributed by atoms with Gasteiger partial charge in [0.25, 0.3) is 0 Å². The Hall–Kier alpha value is -2.94. The Kier molecular flexibility index (Phi) is 11.4. The standard InChI is InChI=1S/C18H26N6O10P2/c25-17(19-7-1-9-33-35(27,28)29)23-13-3-5-15(21-11-13)16-6-4-14(12-22-16)24-18(26)20-8-2-10-34-36(30,31)32/h3-6,11-12H,1-2,7-10H2,(H2,19,23,25)(H2,20,24,26)(H2,27,28,29)(H2,30,31,32). The molecule has 2 rings (SSSR count). The number of pyridine rings is 2. The Morgan fingerprint density at radius 3 is 1.42 bits per heavy atom. The zero-order valence-electron chi connectivity index (χ0n) is 18.7. The minimum Gasteiger partial charge on any atom is -0.338 e. The predicted molar refractivity (Wildman–Crippen MR) is 127 cm³/mol. The van der Waals surface area contributed by atoms with Gasteiger partial charge in [-0.15, -0.1) is 0 Å². The molecule has 4 amide bonds. The molecule has 8 N–H and O–H groups in total. The van der Waals surface area contributed by atoms with Crippen molar-refractivity contribution < 1.29 is 47.3 Å². The Morgan fingerprint density at radius 1 is 0.722 bits per heavy atom. The van der Waals surface area contributed by atoms with E-state index < -0.39 is 27.7 Å². The van der Waals surface area contributed by atoms with E-state index in [1.165, 1.54) is 12.4 Å². The molecule has 2 aromatic rings. The van der Waals surface area contributed by atoms with Gasteiger partial charge in [0.1, 0.15) is 0 Å². The Morgan fingerprint density at radius 2 is 1.11 bits per heavy atom. The number of rotatable bonds is 13. The van der Waals surface area contributed by atoms with E-state index in [1.807, 2.05) is 0 Å². The highest BCUT2D eigenvalue weighted by Gasteiger charge is 2.13. The van der Waals surface area contributed by atoms with Gasteiger partial charge in [-0.1, -0.05) is 0 Å². The number of amides is 4. The van der Waals surface area contributed by atoms with E-state index in [1.54, 1.807) is 24.3 Å². The topological polar surface area (TPSA) is 242 Å². The normalized spacial score (nSPS) is 11.6. The maximum Gasteiger partial charge on any atom is 0.469 e. The number of carbonyl (C=O) groups is 2. The van der Waals surface area contributed by atoms with E-state index in [2.05, 4.69) is 40.3 Å². The second kappa shape index (κ2) is 14.0. The van der Waals surface area contributed by atoms with Gasteiger partial charge in [-0.25, -0.2) is 18.7 Å². The monoisotopic (exact) mass is 548 g/mol. The van der Waals surface area contributed by atoms with Crippen LogP contribution < -0.4 is 21.3 Å². The third-order valence-electron chi connectivity index (χ3n) is 4.04. The first-order valence-corrected chi connectivity index (χ1v) is 13.4. The van der Waals surface area contributed by atoms with E-state index in [0.29, 0.717) is 22.8 Å². The Labute approximate surface area is 205 Å². The van der Waals surface area contributed by atoms with Crippen LogP contribution in [0.25, 0.3) is 11.4 Å². The van der Waals surface area contributed by atoms with Crippen LogP contribution in [0.4, 0.5) is 21.0 Å². The number of urea groups is 2. The van der Waals surface area contributed by atoms with Crippen molar-refractivity contribution in [3.8, 4) is 11.4 Å². The molecule has 0 aliphatic heterocycles. The van der Waals surface area contributed by atoms with Crippen LogP contribution in [0.5, 0.6) is 0 Å². The first kappa shape index (κ1) is 29.3. The second-order valence-corrected chi connectivity index (χ2v) is 9.46. The van der Waals surface area contributed by atoms with Crippen molar-refractivity contribution in [1.29, 1.82) is 0 Å². The molecule has 0 bridgehead atoms. The van der Waals surface area contributed by atoms with Crippen LogP contribution in [-0.4, -0.2) is 67.9 Å². The molecular formula is C18H26N6O10P2. The number of aromatic nitrogens is 2. The summed E-state index contributed by atoms with van der Waals surface area (Å²) in [6.45, 7) is -0.122. The summed E-state index contributed by atoms with van der Waals surface area (Å²) < 4.78 is 29.7. The number of nitrogens with zero attached hydrogens (tertiary/aromatic N) is 2. The lowest BCUT2D eigenvalue weighted by Gasteiger charge is -2.09. The van der Waals surface area contributed by atoms with Gasteiger partial charge >= 0.3 is 27.7 Å². The largest absolute Gasteiger partial charge is 0.469 e. The lowest BCUT2D eigenvalue weighted by Crippen LogP contribution is -2.30. The van der Waals surface area contributed by atoms with Crippen molar-refractivity contribution in [3.63, 3.8) is 0 Å². The summed E-state index contributed by atoms with van der Waals surface area (Å²) in [6.07, 6.45) is 3.26. The fourth-order valence-corrected chi connectivity index (χ4v) is 3.24. The molecule has 36 heavy (non-hydrogen) atoms. The van der Waals surface area contributed by atoms with Gasteiger partial charge in [0.2, 0.25) is 0 Å². The molecule has 0 saturated carbocycles. The molecule has 16 nitrogen and oxygen atoms in total. The van der Waals surface area contributed by atoms with Gasteiger partial charge in [0.05, 0.1) is 48.4 Å². The lowest BCUT2D eigenvalue weighted by molar-refractivity contribution is 0.193. The minimum atomic E-state index is -4.52. The fourth-order valence-electron chi connectivity index (χ4n) is 2.50. The minimum absolute atomic E-state index is 0.144. The highest BCUT2D eigenvalue weighted by atomic mass is 31.2. The van der Waals surface area contributed by atoms with Crippen LogP contribution in [-0.2, 0) is 18.2 Å². The van der Waals surface area contributed by atoms with Gasteiger partial charge in [0, 0.05) is 13.1 Å². The van der Waals surface area contributed by atoms with Crippen molar-refractivity contribution in [2.24, 2.45) is 0 Å². The van der Waals surface area contributed by atoms with E-state index in [9.17, 15) is 18.7 Å². The van der Waals surface area contributed by atoms with Gasteiger partial charge in [0.15, 0.2) is 0 Å². The molecule has 0 radical (unpaired) electrons. The van der Waals surface area contributed by atoms with Gasteiger partial charge in [-0.3, -0.25) is 19.0 Å². The third kappa shape index (κ3) is 12.7. The van der Waals surface area contributed by atoms with Crippen LogP contribution >= 0.6 is 15.6 Å². The van der Waals surface area contributed by atoms with E-state index in [-0.39, 0.29) is 39.1 Å². The molecule has 0 aromatic carbocycles. The highest BCUT2D eigenvalue weighted by Crippen LogP contribution is 2.36. The number of carbonyl (C=O) groups excluding carboxylic acids is 2.